The number of ether oxygens (including phenoxy) is 1. The number of anilines is 3. The highest BCUT2D eigenvalue weighted by molar-refractivity contribution is 7.88. The zero-order valence-corrected chi connectivity index (χ0v) is 21.2. The van der Waals surface area contributed by atoms with Crippen LogP contribution in [0, 0.1) is 12.7 Å². The maximum atomic E-state index is 14.2. The molecule has 0 atom stereocenters. The van der Waals surface area contributed by atoms with Crippen molar-refractivity contribution in [1.29, 1.82) is 0 Å². The summed E-state index contributed by atoms with van der Waals surface area (Å²) >= 11 is 0. The quantitative estimate of drug-likeness (QED) is 0.456. The number of nitrogen functional groups attached to an aromatic ring is 1. The van der Waals surface area contributed by atoms with Crippen LogP contribution in [0.15, 0.2) is 30.6 Å². The van der Waals surface area contributed by atoms with Gasteiger partial charge in [0.2, 0.25) is 15.9 Å². The van der Waals surface area contributed by atoms with Crippen molar-refractivity contribution in [3.63, 3.8) is 0 Å². The molecule has 4 heterocycles. The van der Waals surface area contributed by atoms with Crippen LogP contribution < -0.4 is 15.8 Å². The highest BCUT2D eigenvalue weighted by atomic mass is 32.2. The lowest BCUT2D eigenvalue weighted by Gasteiger charge is -2.33. The van der Waals surface area contributed by atoms with Gasteiger partial charge in [-0.2, -0.15) is 4.31 Å². The van der Waals surface area contributed by atoms with Gasteiger partial charge in [0.15, 0.2) is 5.82 Å². The molecule has 36 heavy (non-hydrogen) atoms. The van der Waals surface area contributed by atoms with E-state index in [-0.39, 0.29) is 5.88 Å². The van der Waals surface area contributed by atoms with Crippen LogP contribution in [0.4, 0.5) is 21.7 Å². The number of nitrogens with one attached hydrogen (secondary N) is 1. The predicted molar refractivity (Wildman–Crippen MR) is 135 cm³/mol. The SMILES string of the molecule is COc1ncc(Nc2ncc(CCN3CCN(S(C)(=O)=O)CC3)cc2-c2cc(N)nc(C)n2)cc1F. The number of pyridine rings is 2. The molecule has 0 unspecified atom stereocenters. The van der Waals surface area contributed by atoms with Crippen molar-refractivity contribution < 1.29 is 17.5 Å². The molecule has 1 aliphatic rings. The number of aromatic nitrogens is 4. The van der Waals surface area contributed by atoms with E-state index in [2.05, 4.69) is 30.2 Å². The lowest BCUT2D eigenvalue weighted by atomic mass is 10.1. The standard InChI is InChI=1S/C23H29FN8O3S/c1-15-28-20(12-21(25)29-15)18-10-16(4-5-31-6-8-32(9-7-31)36(3,33)34)13-26-22(18)30-17-11-19(24)23(35-2)27-14-17/h10-14H,4-9H2,1-3H3,(H,26,30)(H2,25,28,29). The summed E-state index contributed by atoms with van der Waals surface area (Å²) in [5.41, 5.74) is 8.60. The first-order chi connectivity index (χ1) is 17.1. The Balaban J connectivity index is 1.56. The molecule has 13 heteroatoms. The van der Waals surface area contributed by atoms with Crippen molar-refractivity contribution in [1.82, 2.24) is 29.1 Å². The van der Waals surface area contributed by atoms with Gasteiger partial charge < -0.3 is 20.7 Å². The van der Waals surface area contributed by atoms with Gasteiger partial charge in [0, 0.05) is 56.6 Å². The Bertz CT molecular complexity index is 1330. The van der Waals surface area contributed by atoms with Crippen LogP contribution in [0.2, 0.25) is 0 Å². The lowest BCUT2D eigenvalue weighted by Crippen LogP contribution is -2.48. The summed E-state index contributed by atoms with van der Waals surface area (Å²) in [6, 6.07) is 4.91. The van der Waals surface area contributed by atoms with Gasteiger partial charge in [-0.15, -0.1) is 0 Å². The summed E-state index contributed by atoms with van der Waals surface area (Å²) < 4.78 is 44.1. The molecule has 0 spiro atoms. The van der Waals surface area contributed by atoms with Crippen LogP contribution in [-0.4, -0.2) is 83.6 Å². The Kier molecular flexibility index (Phi) is 7.62. The fraction of sp³-hybridized carbons (Fsp3) is 0.391. The molecule has 0 aromatic carbocycles. The Hall–Kier alpha value is -3.42. The molecule has 3 aromatic rings. The normalized spacial score (nSPS) is 15.1. The van der Waals surface area contributed by atoms with Crippen LogP contribution in [0.1, 0.15) is 11.4 Å². The van der Waals surface area contributed by atoms with Gasteiger partial charge in [-0.1, -0.05) is 0 Å². The maximum Gasteiger partial charge on any atom is 0.250 e. The third kappa shape index (κ3) is 6.22. The molecule has 0 saturated carbocycles. The highest BCUT2D eigenvalue weighted by Crippen LogP contribution is 2.30. The Morgan fingerprint density at radius 1 is 1.11 bits per heavy atom. The second-order valence-corrected chi connectivity index (χ2v) is 10.5. The molecule has 1 fully saturated rings. The van der Waals surface area contributed by atoms with Crippen molar-refractivity contribution in [2.75, 3.05) is 57.1 Å². The first-order valence-electron chi connectivity index (χ1n) is 11.4. The van der Waals surface area contributed by atoms with E-state index < -0.39 is 15.8 Å². The van der Waals surface area contributed by atoms with E-state index in [1.54, 1.807) is 19.2 Å². The minimum atomic E-state index is -3.16. The molecule has 0 amide bonds. The third-order valence-electron chi connectivity index (χ3n) is 5.86. The van der Waals surface area contributed by atoms with Crippen LogP contribution in [0.3, 0.4) is 0 Å². The van der Waals surface area contributed by atoms with E-state index in [9.17, 15) is 12.8 Å². The zero-order valence-electron chi connectivity index (χ0n) is 20.4. The molecule has 11 nitrogen and oxygen atoms in total. The minimum Gasteiger partial charge on any atom is -0.479 e. The monoisotopic (exact) mass is 516 g/mol. The van der Waals surface area contributed by atoms with E-state index in [1.165, 1.54) is 29.9 Å². The van der Waals surface area contributed by atoms with Gasteiger partial charge in [-0.05, 0) is 25.0 Å². The number of halogens is 1. The Morgan fingerprint density at radius 2 is 1.86 bits per heavy atom. The second kappa shape index (κ2) is 10.7. The number of sulfonamides is 1. The number of piperazine rings is 1. The molecular weight excluding hydrogens is 487 g/mol. The van der Waals surface area contributed by atoms with Gasteiger partial charge in [0.25, 0.3) is 0 Å². The van der Waals surface area contributed by atoms with Gasteiger partial charge in [0.1, 0.15) is 17.5 Å². The summed E-state index contributed by atoms with van der Waals surface area (Å²) in [5.74, 6) is 0.612. The number of methoxy groups -OCH3 is 1. The molecule has 3 N–H and O–H groups in total. The first-order valence-corrected chi connectivity index (χ1v) is 13.2. The van der Waals surface area contributed by atoms with Crippen LogP contribution in [0.25, 0.3) is 11.3 Å². The van der Waals surface area contributed by atoms with Crippen molar-refractivity contribution in [2.24, 2.45) is 0 Å². The fourth-order valence-corrected chi connectivity index (χ4v) is 4.85. The van der Waals surface area contributed by atoms with Crippen LogP contribution >= 0.6 is 0 Å². The maximum absolute atomic E-state index is 14.2. The summed E-state index contributed by atoms with van der Waals surface area (Å²) in [5, 5.41) is 3.11. The van der Waals surface area contributed by atoms with Gasteiger partial charge >= 0.3 is 0 Å². The lowest BCUT2D eigenvalue weighted by molar-refractivity contribution is 0.191. The third-order valence-corrected chi connectivity index (χ3v) is 7.16. The largest absolute Gasteiger partial charge is 0.479 e. The average molecular weight is 517 g/mol. The van der Waals surface area contributed by atoms with E-state index in [4.69, 9.17) is 10.5 Å². The smallest absolute Gasteiger partial charge is 0.250 e. The second-order valence-electron chi connectivity index (χ2n) is 8.56. The highest BCUT2D eigenvalue weighted by Gasteiger charge is 2.23. The molecule has 0 aliphatic carbocycles. The molecule has 3 aromatic heterocycles. The first kappa shape index (κ1) is 25.7. The topological polar surface area (TPSA) is 139 Å². The van der Waals surface area contributed by atoms with E-state index >= 15 is 0 Å². The number of nitrogens with two attached hydrogens (primary N) is 1. The number of nitrogens with zero attached hydrogens (tertiary/aromatic N) is 6. The van der Waals surface area contributed by atoms with Gasteiger partial charge in [-0.3, -0.25) is 0 Å². The molecule has 1 saturated heterocycles. The van der Waals surface area contributed by atoms with Gasteiger partial charge in [0.05, 0.1) is 30.9 Å². The molecular formula is C23H29FN8O3S. The molecule has 4 rings (SSSR count). The number of aryl methyl sites for hydroxylation is 1. The summed E-state index contributed by atoms with van der Waals surface area (Å²) in [6.07, 6.45) is 5.15. The summed E-state index contributed by atoms with van der Waals surface area (Å²) in [7, 11) is -1.81. The van der Waals surface area contributed by atoms with Crippen molar-refractivity contribution in [3.8, 4) is 17.1 Å². The molecule has 0 radical (unpaired) electrons. The van der Waals surface area contributed by atoms with E-state index in [0.29, 0.717) is 67.0 Å². The molecule has 1 aliphatic heterocycles. The van der Waals surface area contributed by atoms with Crippen molar-refractivity contribution in [3.05, 3.63) is 47.8 Å². The Labute approximate surface area is 209 Å². The molecule has 192 valence electrons. The minimum absolute atomic E-state index is 0.0966. The zero-order chi connectivity index (χ0) is 25.9. The van der Waals surface area contributed by atoms with E-state index in [1.807, 2.05) is 6.07 Å². The number of hydrogen-bond acceptors (Lipinski definition) is 10. The van der Waals surface area contributed by atoms with Crippen LogP contribution in [0.5, 0.6) is 5.88 Å². The number of hydrogen-bond donors (Lipinski definition) is 2. The van der Waals surface area contributed by atoms with Gasteiger partial charge in [-0.25, -0.2) is 32.7 Å². The molecule has 0 bridgehead atoms. The predicted octanol–water partition coefficient (Wildman–Crippen LogP) is 1.84. The van der Waals surface area contributed by atoms with Crippen LogP contribution in [-0.2, 0) is 16.4 Å². The van der Waals surface area contributed by atoms with Crippen molar-refractivity contribution in [2.45, 2.75) is 13.3 Å². The average Bonchev–Trinajstić information content (AvgIpc) is 2.82. The fourth-order valence-electron chi connectivity index (χ4n) is 4.02. The Morgan fingerprint density at radius 3 is 2.50 bits per heavy atom. The number of rotatable bonds is 8. The van der Waals surface area contributed by atoms with Crippen molar-refractivity contribution >= 4 is 27.3 Å². The van der Waals surface area contributed by atoms with E-state index in [0.717, 1.165) is 12.1 Å². The summed E-state index contributed by atoms with van der Waals surface area (Å²) in [6.45, 7) is 4.82. The summed E-state index contributed by atoms with van der Waals surface area (Å²) in [4.78, 5) is 19.4.